The van der Waals surface area contributed by atoms with Crippen LogP contribution in [0.1, 0.15) is 24.9 Å². The molecule has 3 rings (SSSR count). The fraction of sp³-hybridized carbons (Fsp3) is 0.261. The van der Waals surface area contributed by atoms with Gasteiger partial charge >= 0.3 is 0 Å². The quantitative estimate of drug-likeness (QED) is 0.464. The van der Waals surface area contributed by atoms with E-state index < -0.39 is 10.0 Å². The van der Waals surface area contributed by atoms with Gasteiger partial charge in [0.25, 0.3) is 10.0 Å². The van der Waals surface area contributed by atoms with Crippen LogP contribution in [0.2, 0.25) is 0 Å². The van der Waals surface area contributed by atoms with Gasteiger partial charge in [-0.3, -0.25) is 9.52 Å². The molecular formula is C23H26N4O5S. The van der Waals surface area contributed by atoms with Crippen LogP contribution < -0.4 is 19.5 Å². The molecule has 2 N–H and O–H groups in total. The molecule has 10 heteroatoms. The number of amides is 1. The molecule has 174 valence electrons. The molecule has 33 heavy (non-hydrogen) atoms. The van der Waals surface area contributed by atoms with Crippen LogP contribution in [0.3, 0.4) is 0 Å². The van der Waals surface area contributed by atoms with E-state index in [-0.39, 0.29) is 29.6 Å². The predicted octanol–water partition coefficient (Wildman–Crippen LogP) is 3.70. The van der Waals surface area contributed by atoms with Gasteiger partial charge in [0.1, 0.15) is 23.1 Å². The minimum Gasteiger partial charge on any atom is -0.494 e. The lowest BCUT2D eigenvalue weighted by molar-refractivity contribution is -0.116. The number of benzene rings is 2. The molecule has 1 amide bonds. The molecule has 0 unspecified atom stereocenters. The highest BCUT2D eigenvalue weighted by molar-refractivity contribution is 7.92. The van der Waals surface area contributed by atoms with Crippen molar-refractivity contribution in [2.45, 2.75) is 32.1 Å². The second-order valence-corrected chi connectivity index (χ2v) is 8.81. The van der Waals surface area contributed by atoms with Gasteiger partial charge in [0.05, 0.1) is 24.5 Å². The normalized spacial score (nSPS) is 11.0. The largest absolute Gasteiger partial charge is 0.494 e. The van der Waals surface area contributed by atoms with Crippen molar-refractivity contribution in [3.63, 3.8) is 0 Å². The molecule has 0 saturated carbocycles. The SMILES string of the molecule is CCOc1ccc(OCCC(=O)Nc2ccc(S(=O)(=O)Nc3cc(C)nc(C)n3)cc2)cc1. The van der Waals surface area contributed by atoms with Gasteiger partial charge in [-0.25, -0.2) is 18.4 Å². The minimum absolute atomic E-state index is 0.0493. The Kier molecular flexibility index (Phi) is 7.83. The predicted molar refractivity (Wildman–Crippen MR) is 125 cm³/mol. The van der Waals surface area contributed by atoms with Crippen molar-refractivity contribution < 1.29 is 22.7 Å². The average molecular weight is 471 g/mol. The third kappa shape index (κ3) is 7.18. The van der Waals surface area contributed by atoms with Gasteiger partial charge in [-0.05, 0) is 69.3 Å². The summed E-state index contributed by atoms with van der Waals surface area (Å²) in [6.07, 6.45) is 0.140. The van der Waals surface area contributed by atoms with Crippen LogP contribution >= 0.6 is 0 Å². The van der Waals surface area contributed by atoms with Crippen molar-refractivity contribution >= 4 is 27.4 Å². The van der Waals surface area contributed by atoms with E-state index in [9.17, 15) is 13.2 Å². The number of rotatable bonds is 10. The van der Waals surface area contributed by atoms with Crippen LogP contribution in [0.25, 0.3) is 0 Å². The van der Waals surface area contributed by atoms with E-state index in [0.29, 0.717) is 29.6 Å². The molecular weight excluding hydrogens is 444 g/mol. The molecule has 3 aromatic rings. The maximum absolute atomic E-state index is 12.6. The molecule has 0 aliphatic heterocycles. The number of anilines is 2. The molecule has 0 bridgehead atoms. The molecule has 1 heterocycles. The lowest BCUT2D eigenvalue weighted by Gasteiger charge is -2.10. The van der Waals surface area contributed by atoms with Gasteiger partial charge in [-0.2, -0.15) is 0 Å². The standard InChI is InChI=1S/C23H26N4O5S/c1-4-31-19-7-9-20(10-8-19)32-14-13-23(28)26-18-5-11-21(12-6-18)33(29,30)27-22-15-16(2)24-17(3)25-22/h5-12,15H,4,13-14H2,1-3H3,(H,26,28)(H,24,25,27). The fourth-order valence-electron chi connectivity index (χ4n) is 2.97. The number of hydrogen-bond acceptors (Lipinski definition) is 7. The fourth-order valence-corrected chi connectivity index (χ4v) is 3.96. The Bertz CT molecular complexity index is 1180. The zero-order valence-corrected chi connectivity index (χ0v) is 19.5. The zero-order chi connectivity index (χ0) is 23.8. The molecule has 0 fully saturated rings. The third-order valence-corrected chi connectivity index (χ3v) is 5.76. The third-order valence-electron chi connectivity index (χ3n) is 4.39. The Morgan fingerprint density at radius 3 is 2.18 bits per heavy atom. The molecule has 1 aromatic heterocycles. The first-order valence-electron chi connectivity index (χ1n) is 10.4. The number of aromatic nitrogens is 2. The molecule has 0 spiro atoms. The van der Waals surface area contributed by atoms with Crippen molar-refractivity contribution in [1.29, 1.82) is 0 Å². The Balaban J connectivity index is 1.51. The summed E-state index contributed by atoms with van der Waals surface area (Å²) in [7, 11) is -3.83. The van der Waals surface area contributed by atoms with Gasteiger partial charge in [-0.15, -0.1) is 0 Å². The van der Waals surface area contributed by atoms with Gasteiger partial charge in [0, 0.05) is 17.4 Å². The van der Waals surface area contributed by atoms with E-state index in [1.807, 2.05) is 6.92 Å². The molecule has 0 atom stereocenters. The Hall–Kier alpha value is -3.66. The minimum atomic E-state index is -3.83. The van der Waals surface area contributed by atoms with E-state index >= 15 is 0 Å². The topological polar surface area (TPSA) is 120 Å². The van der Waals surface area contributed by atoms with E-state index in [2.05, 4.69) is 20.0 Å². The van der Waals surface area contributed by atoms with Gasteiger partial charge in [-0.1, -0.05) is 0 Å². The zero-order valence-electron chi connectivity index (χ0n) is 18.7. The highest BCUT2D eigenvalue weighted by atomic mass is 32.2. The molecule has 0 saturated heterocycles. The second kappa shape index (κ2) is 10.8. The van der Waals surface area contributed by atoms with E-state index in [1.54, 1.807) is 44.2 Å². The number of carbonyl (C=O) groups is 1. The summed E-state index contributed by atoms with van der Waals surface area (Å²) < 4.78 is 38.6. The van der Waals surface area contributed by atoms with Crippen LogP contribution in [-0.2, 0) is 14.8 Å². The number of ether oxygens (including phenoxy) is 2. The van der Waals surface area contributed by atoms with E-state index in [0.717, 1.165) is 5.75 Å². The smallest absolute Gasteiger partial charge is 0.263 e. The molecule has 9 nitrogen and oxygen atoms in total. The Morgan fingerprint density at radius 1 is 0.939 bits per heavy atom. The number of carbonyl (C=O) groups excluding carboxylic acids is 1. The lowest BCUT2D eigenvalue weighted by Crippen LogP contribution is -2.16. The summed E-state index contributed by atoms with van der Waals surface area (Å²) in [4.78, 5) is 20.4. The maximum Gasteiger partial charge on any atom is 0.263 e. The number of hydrogen-bond donors (Lipinski definition) is 2. The molecule has 0 aliphatic rings. The Morgan fingerprint density at radius 2 is 1.58 bits per heavy atom. The number of aryl methyl sites for hydroxylation is 2. The maximum atomic E-state index is 12.6. The highest BCUT2D eigenvalue weighted by Gasteiger charge is 2.16. The summed E-state index contributed by atoms with van der Waals surface area (Å²) in [5.74, 6) is 1.82. The van der Waals surface area contributed by atoms with Crippen LogP contribution in [0.4, 0.5) is 11.5 Å². The summed E-state index contributed by atoms with van der Waals surface area (Å²) in [5.41, 5.74) is 1.14. The average Bonchev–Trinajstić information content (AvgIpc) is 2.74. The van der Waals surface area contributed by atoms with Crippen molar-refractivity contribution in [2.24, 2.45) is 0 Å². The first kappa shape index (κ1) is 24.0. The number of nitrogens with one attached hydrogen (secondary N) is 2. The number of sulfonamides is 1. The summed E-state index contributed by atoms with van der Waals surface area (Å²) in [6.45, 7) is 6.14. The molecule has 0 radical (unpaired) electrons. The first-order valence-corrected chi connectivity index (χ1v) is 11.8. The molecule has 0 aliphatic carbocycles. The first-order chi connectivity index (χ1) is 15.7. The molecule has 2 aromatic carbocycles. The van der Waals surface area contributed by atoms with Gasteiger partial charge in [0.15, 0.2) is 0 Å². The van der Waals surface area contributed by atoms with Crippen molar-refractivity contribution in [2.75, 3.05) is 23.3 Å². The summed E-state index contributed by atoms with van der Waals surface area (Å²) >= 11 is 0. The van der Waals surface area contributed by atoms with Crippen LogP contribution in [0, 0.1) is 13.8 Å². The van der Waals surface area contributed by atoms with Crippen LogP contribution in [0.15, 0.2) is 59.5 Å². The van der Waals surface area contributed by atoms with E-state index in [4.69, 9.17) is 9.47 Å². The van der Waals surface area contributed by atoms with Crippen LogP contribution in [0.5, 0.6) is 11.5 Å². The van der Waals surface area contributed by atoms with Gasteiger partial charge < -0.3 is 14.8 Å². The van der Waals surface area contributed by atoms with Crippen LogP contribution in [-0.4, -0.2) is 37.5 Å². The second-order valence-electron chi connectivity index (χ2n) is 7.12. The van der Waals surface area contributed by atoms with Crippen molar-refractivity contribution in [1.82, 2.24) is 9.97 Å². The summed E-state index contributed by atoms with van der Waals surface area (Å²) in [6, 6.07) is 14.6. The highest BCUT2D eigenvalue weighted by Crippen LogP contribution is 2.19. The Labute approximate surface area is 193 Å². The van der Waals surface area contributed by atoms with Crippen molar-refractivity contribution in [3.05, 3.63) is 66.1 Å². The van der Waals surface area contributed by atoms with E-state index in [1.165, 1.54) is 24.3 Å². The monoisotopic (exact) mass is 470 g/mol. The van der Waals surface area contributed by atoms with Crippen molar-refractivity contribution in [3.8, 4) is 11.5 Å². The van der Waals surface area contributed by atoms with Gasteiger partial charge in [0.2, 0.25) is 5.91 Å². The summed E-state index contributed by atoms with van der Waals surface area (Å²) in [5, 5.41) is 2.72. The lowest BCUT2D eigenvalue weighted by atomic mass is 10.3. The number of nitrogens with zero attached hydrogens (tertiary/aromatic N) is 2.